The van der Waals surface area contributed by atoms with E-state index in [4.69, 9.17) is 5.26 Å². The average Bonchev–Trinajstić information content (AvgIpc) is 3.19. The normalized spacial score (nSPS) is 13.8. The Hall–Kier alpha value is -2.12. The van der Waals surface area contributed by atoms with Crippen LogP contribution in [0.3, 0.4) is 0 Å². The maximum absolute atomic E-state index is 12.7. The number of nitrogens with zero attached hydrogens (tertiary/aromatic N) is 2. The maximum Gasteiger partial charge on any atom is 0.269 e. The Morgan fingerprint density at radius 3 is 2.70 bits per heavy atom. The van der Waals surface area contributed by atoms with Crippen LogP contribution in [0.25, 0.3) is 0 Å². The van der Waals surface area contributed by atoms with Crippen molar-refractivity contribution in [1.82, 2.24) is 0 Å². The molecule has 0 saturated heterocycles. The van der Waals surface area contributed by atoms with Gasteiger partial charge in [0.1, 0.15) is 10.9 Å². The number of rotatable bonds is 4. The summed E-state index contributed by atoms with van der Waals surface area (Å²) in [7, 11) is 0. The topological polar surface area (TPSA) is 44.1 Å². The highest BCUT2D eigenvalue weighted by molar-refractivity contribution is 7.12. The molecule has 1 heterocycles. The first-order valence-electron chi connectivity index (χ1n) is 6.64. The number of nitriles is 1. The first-order chi connectivity index (χ1) is 9.79. The minimum absolute atomic E-state index is 0.0605. The van der Waals surface area contributed by atoms with E-state index in [-0.39, 0.29) is 5.91 Å². The van der Waals surface area contributed by atoms with Gasteiger partial charge in [0.25, 0.3) is 5.91 Å². The predicted molar refractivity (Wildman–Crippen MR) is 79.9 cm³/mol. The number of thiophene rings is 1. The maximum atomic E-state index is 12.7. The number of amides is 1. The van der Waals surface area contributed by atoms with Gasteiger partial charge in [0.15, 0.2) is 0 Å². The number of benzene rings is 1. The Morgan fingerprint density at radius 2 is 2.05 bits per heavy atom. The minimum Gasteiger partial charge on any atom is -0.307 e. The molecule has 0 N–H and O–H groups in total. The third kappa shape index (κ3) is 2.59. The third-order valence-corrected chi connectivity index (χ3v) is 4.33. The zero-order valence-electron chi connectivity index (χ0n) is 11.0. The van der Waals surface area contributed by atoms with Crippen molar-refractivity contribution >= 4 is 22.9 Å². The van der Waals surface area contributed by atoms with Gasteiger partial charge in [-0.25, -0.2) is 0 Å². The SMILES string of the molecule is N#Cc1ccsc1C(=O)N(CC1CC1)c1ccccc1. The zero-order chi connectivity index (χ0) is 13.9. The van der Waals surface area contributed by atoms with Gasteiger partial charge in [0, 0.05) is 12.2 Å². The van der Waals surface area contributed by atoms with Crippen molar-refractivity contribution in [3.63, 3.8) is 0 Å². The fraction of sp³-hybridized carbons (Fsp3) is 0.250. The molecule has 0 atom stereocenters. The minimum atomic E-state index is -0.0605. The molecule has 100 valence electrons. The highest BCUT2D eigenvalue weighted by atomic mass is 32.1. The van der Waals surface area contributed by atoms with E-state index in [1.165, 1.54) is 24.2 Å². The molecular formula is C16H14N2OS. The lowest BCUT2D eigenvalue weighted by Crippen LogP contribution is -2.32. The summed E-state index contributed by atoms with van der Waals surface area (Å²) in [4.78, 5) is 15.1. The van der Waals surface area contributed by atoms with Crippen molar-refractivity contribution < 1.29 is 4.79 Å². The van der Waals surface area contributed by atoms with Crippen LogP contribution in [0.15, 0.2) is 41.8 Å². The summed E-state index contributed by atoms with van der Waals surface area (Å²) in [5.74, 6) is 0.541. The summed E-state index contributed by atoms with van der Waals surface area (Å²) in [6.07, 6.45) is 2.37. The van der Waals surface area contributed by atoms with E-state index < -0.39 is 0 Å². The highest BCUT2D eigenvalue weighted by Crippen LogP contribution is 2.32. The third-order valence-electron chi connectivity index (χ3n) is 3.43. The monoisotopic (exact) mass is 282 g/mol. The number of hydrogen-bond donors (Lipinski definition) is 0. The highest BCUT2D eigenvalue weighted by Gasteiger charge is 2.29. The van der Waals surface area contributed by atoms with Crippen LogP contribution in [0.5, 0.6) is 0 Å². The Labute approximate surface area is 122 Å². The number of anilines is 1. The van der Waals surface area contributed by atoms with Gasteiger partial charge in [-0.1, -0.05) is 18.2 Å². The van der Waals surface area contributed by atoms with Gasteiger partial charge in [-0.15, -0.1) is 11.3 Å². The van der Waals surface area contributed by atoms with Crippen LogP contribution in [0.2, 0.25) is 0 Å². The molecule has 20 heavy (non-hydrogen) atoms. The van der Waals surface area contributed by atoms with Gasteiger partial charge >= 0.3 is 0 Å². The van der Waals surface area contributed by atoms with E-state index in [9.17, 15) is 4.79 Å². The Bertz CT molecular complexity index is 653. The fourth-order valence-electron chi connectivity index (χ4n) is 2.16. The van der Waals surface area contributed by atoms with E-state index in [0.717, 1.165) is 12.2 Å². The summed E-state index contributed by atoms with van der Waals surface area (Å²) in [5, 5.41) is 10.9. The fourth-order valence-corrected chi connectivity index (χ4v) is 2.95. The average molecular weight is 282 g/mol. The molecule has 0 spiro atoms. The number of para-hydroxylation sites is 1. The molecule has 1 aliphatic carbocycles. The van der Waals surface area contributed by atoms with Crippen LogP contribution < -0.4 is 4.90 Å². The summed E-state index contributed by atoms with van der Waals surface area (Å²) >= 11 is 1.34. The second-order valence-electron chi connectivity index (χ2n) is 4.97. The van der Waals surface area contributed by atoms with Gasteiger partial charge in [-0.2, -0.15) is 5.26 Å². The molecule has 0 bridgehead atoms. The second-order valence-corrected chi connectivity index (χ2v) is 5.89. The van der Waals surface area contributed by atoms with Crippen LogP contribution >= 0.6 is 11.3 Å². The van der Waals surface area contributed by atoms with Gasteiger partial charge in [-0.3, -0.25) is 4.79 Å². The summed E-state index contributed by atoms with van der Waals surface area (Å²) in [5.41, 5.74) is 1.37. The molecule has 3 nitrogen and oxygen atoms in total. The second kappa shape index (κ2) is 5.48. The lowest BCUT2D eigenvalue weighted by atomic mass is 10.2. The van der Waals surface area contributed by atoms with E-state index >= 15 is 0 Å². The standard InChI is InChI=1S/C16H14N2OS/c17-10-13-8-9-20-15(13)16(19)18(11-12-6-7-12)14-4-2-1-3-5-14/h1-5,8-9,12H,6-7,11H2. The summed E-state index contributed by atoms with van der Waals surface area (Å²) < 4.78 is 0. The summed E-state index contributed by atoms with van der Waals surface area (Å²) in [6.45, 7) is 0.742. The molecule has 0 unspecified atom stereocenters. The van der Waals surface area contributed by atoms with Gasteiger partial charge < -0.3 is 4.90 Å². The lowest BCUT2D eigenvalue weighted by molar-refractivity contribution is 0.0989. The first-order valence-corrected chi connectivity index (χ1v) is 7.52. The van der Waals surface area contributed by atoms with Crippen molar-refractivity contribution in [2.45, 2.75) is 12.8 Å². The molecule has 1 fully saturated rings. The van der Waals surface area contributed by atoms with Crippen LogP contribution in [0, 0.1) is 17.2 Å². The molecule has 2 aromatic rings. The van der Waals surface area contributed by atoms with Gasteiger partial charge in [-0.05, 0) is 42.3 Å². The molecule has 1 aromatic carbocycles. The van der Waals surface area contributed by atoms with Crippen molar-refractivity contribution in [2.75, 3.05) is 11.4 Å². The molecule has 1 saturated carbocycles. The van der Waals surface area contributed by atoms with Gasteiger partial charge in [0.05, 0.1) is 5.56 Å². The Balaban J connectivity index is 1.93. The van der Waals surface area contributed by atoms with Crippen molar-refractivity contribution in [2.24, 2.45) is 5.92 Å². The summed E-state index contributed by atoms with van der Waals surface area (Å²) in [6, 6.07) is 13.5. The Kier molecular flexibility index (Phi) is 3.53. The molecular weight excluding hydrogens is 268 g/mol. The van der Waals surface area contributed by atoms with Crippen molar-refractivity contribution in [1.29, 1.82) is 5.26 Å². The largest absolute Gasteiger partial charge is 0.307 e. The van der Waals surface area contributed by atoms with Crippen molar-refractivity contribution in [3.8, 4) is 6.07 Å². The number of carbonyl (C=O) groups excluding carboxylic acids is 1. The molecule has 1 amide bonds. The molecule has 4 heteroatoms. The van der Waals surface area contributed by atoms with Crippen molar-refractivity contribution in [3.05, 3.63) is 52.2 Å². The van der Waals surface area contributed by atoms with Gasteiger partial charge in [0.2, 0.25) is 0 Å². The molecule has 3 rings (SSSR count). The molecule has 1 aromatic heterocycles. The van der Waals surface area contributed by atoms with E-state index in [0.29, 0.717) is 16.4 Å². The van der Waals surface area contributed by atoms with E-state index in [2.05, 4.69) is 6.07 Å². The van der Waals surface area contributed by atoms with Crippen LogP contribution in [0.1, 0.15) is 28.1 Å². The first kappa shape index (κ1) is 12.9. The van der Waals surface area contributed by atoms with Crippen LogP contribution in [-0.2, 0) is 0 Å². The quantitative estimate of drug-likeness (QED) is 0.858. The predicted octanol–water partition coefficient (Wildman–Crippen LogP) is 3.68. The van der Waals surface area contributed by atoms with Crippen LogP contribution in [-0.4, -0.2) is 12.5 Å². The number of hydrogen-bond acceptors (Lipinski definition) is 3. The Morgan fingerprint density at radius 1 is 1.30 bits per heavy atom. The zero-order valence-corrected chi connectivity index (χ0v) is 11.8. The van der Waals surface area contributed by atoms with Crippen LogP contribution in [0.4, 0.5) is 5.69 Å². The molecule has 1 aliphatic rings. The number of carbonyl (C=O) groups is 1. The molecule has 0 aliphatic heterocycles. The smallest absolute Gasteiger partial charge is 0.269 e. The lowest BCUT2D eigenvalue weighted by Gasteiger charge is -2.22. The van der Waals surface area contributed by atoms with E-state index in [1.54, 1.807) is 11.4 Å². The van der Waals surface area contributed by atoms with E-state index in [1.807, 2.05) is 35.2 Å². The molecule has 0 radical (unpaired) electrons.